The van der Waals surface area contributed by atoms with Crippen molar-refractivity contribution >= 4 is 44.7 Å². The number of rotatable bonds is 5. The number of nitrogens with zero attached hydrogens (tertiary/aromatic N) is 2. The fourth-order valence-electron chi connectivity index (χ4n) is 2.89. The molecule has 2 aromatic heterocycles. The van der Waals surface area contributed by atoms with Gasteiger partial charge in [0.25, 0.3) is 5.69 Å². The fourth-order valence-corrected chi connectivity index (χ4v) is 3.27. The molecule has 0 bridgehead atoms. The molecule has 150 valence electrons. The van der Waals surface area contributed by atoms with Crippen LogP contribution in [0.1, 0.15) is 21.9 Å². The number of aryl methyl sites for hydroxylation is 1. The summed E-state index contributed by atoms with van der Waals surface area (Å²) in [6.45, 7) is 1.83. The lowest BCUT2D eigenvalue weighted by molar-refractivity contribution is -0.384. The van der Waals surface area contributed by atoms with E-state index in [1.807, 2.05) is 19.1 Å². The Labute approximate surface area is 178 Å². The largest absolute Gasteiger partial charge is 0.455 e. The number of furan rings is 2. The molecular weight excluding hydrogens is 454 g/mol. The van der Waals surface area contributed by atoms with Crippen molar-refractivity contribution in [3.63, 3.8) is 0 Å². The number of amides is 1. The van der Waals surface area contributed by atoms with Crippen LogP contribution in [0.15, 0.2) is 73.0 Å². The Kier molecular flexibility index (Phi) is 5.20. The first kappa shape index (κ1) is 19.6. The van der Waals surface area contributed by atoms with Gasteiger partial charge in [0.2, 0.25) is 0 Å². The van der Waals surface area contributed by atoms with Gasteiger partial charge in [0.15, 0.2) is 5.76 Å². The van der Waals surface area contributed by atoms with Crippen molar-refractivity contribution in [2.75, 3.05) is 0 Å². The van der Waals surface area contributed by atoms with Gasteiger partial charge >= 0.3 is 5.91 Å². The van der Waals surface area contributed by atoms with Crippen LogP contribution in [0.2, 0.25) is 0 Å². The number of fused-ring (bicyclic) bond motifs is 1. The quantitative estimate of drug-likeness (QED) is 0.238. The minimum atomic E-state index is -0.500. The van der Waals surface area contributed by atoms with E-state index in [-0.39, 0.29) is 11.4 Å². The SMILES string of the molecule is Cc1ccc([N+](=O)[O-])cc1-c1ccc(/C=N/NC(=O)c2cc3cc(Br)ccc3o2)o1. The van der Waals surface area contributed by atoms with Gasteiger partial charge in [-0.2, -0.15) is 5.10 Å². The number of hydrogen-bond acceptors (Lipinski definition) is 6. The first-order valence-electron chi connectivity index (χ1n) is 8.78. The Hall–Kier alpha value is -3.72. The summed E-state index contributed by atoms with van der Waals surface area (Å²) >= 11 is 3.37. The summed E-state index contributed by atoms with van der Waals surface area (Å²) in [4.78, 5) is 22.8. The minimum Gasteiger partial charge on any atom is -0.455 e. The Bertz CT molecular complexity index is 1310. The number of non-ortho nitro benzene ring substituents is 1. The van der Waals surface area contributed by atoms with Gasteiger partial charge in [-0.25, -0.2) is 5.43 Å². The Morgan fingerprint density at radius 1 is 1.13 bits per heavy atom. The Morgan fingerprint density at radius 2 is 1.97 bits per heavy atom. The highest BCUT2D eigenvalue weighted by Crippen LogP contribution is 2.29. The molecule has 1 N–H and O–H groups in total. The minimum absolute atomic E-state index is 0.0210. The molecule has 0 saturated heterocycles. The zero-order valence-electron chi connectivity index (χ0n) is 15.6. The highest BCUT2D eigenvalue weighted by atomic mass is 79.9. The average molecular weight is 468 g/mol. The number of hydrogen-bond donors (Lipinski definition) is 1. The molecule has 9 heteroatoms. The summed E-state index contributed by atoms with van der Waals surface area (Å²) in [7, 11) is 0. The highest BCUT2D eigenvalue weighted by Gasteiger charge is 2.14. The molecule has 0 fully saturated rings. The number of nitro groups is 1. The van der Waals surface area contributed by atoms with Crippen LogP contribution in [0.3, 0.4) is 0 Å². The molecule has 0 unspecified atom stereocenters. The smallest absolute Gasteiger partial charge is 0.307 e. The number of carbonyl (C=O) groups is 1. The van der Waals surface area contributed by atoms with E-state index in [9.17, 15) is 14.9 Å². The normalized spacial score (nSPS) is 11.3. The topological polar surface area (TPSA) is 111 Å². The summed E-state index contributed by atoms with van der Waals surface area (Å²) in [6, 6.07) is 15.0. The zero-order valence-corrected chi connectivity index (χ0v) is 17.2. The molecule has 4 aromatic rings. The van der Waals surface area contributed by atoms with Crippen LogP contribution in [0, 0.1) is 17.0 Å². The Morgan fingerprint density at radius 3 is 2.77 bits per heavy atom. The molecule has 0 radical (unpaired) electrons. The summed E-state index contributed by atoms with van der Waals surface area (Å²) in [6.07, 6.45) is 1.34. The second-order valence-corrected chi connectivity index (χ2v) is 7.37. The third-order valence-electron chi connectivity index (χ3n) is 4.38. The van der Waals surface area contributed by atoms with Crippen molar-refractivity contribution < 1.29 is 18.6 Å². The average Bonchev–Trinajstić information content (AvgIpc) is 3.34. The molecule has 2 aromatic carbocycles. The lowest BCUT2D eigenvalue weighted by Gasteiger charge is -2.02. The molecule has 0 aliphatic rings. The number of carbonyl (C=O) groups excluding carboxylic acids is 1. The van der Waals surface area contributed by atoms with Crippen molar-refractivity contribution in [3.8, 4) is 11.3 Å². The summed E-state index contributed by atoms with van der Waals surface area (Å²) in [5.41, 5.74) is 4.40. The van der Waals surface area contributed by atoms with Crippen LogP contribution in [-0.4, -0.2) is 17.0 Å². The molecule has 30 heavy (non-hydrogen) atoms. The standard InChI is InChI=1S/C21H14BrN3O5/c1-12-2-4-15(25(27)28)10-17(12)19-7-5-16(29-19)11-23-24-21(26)20-9-13-8-14(22)3-6-18(13)30-20/h2-11H,1H3,(H,24,26)/b23-11+. The summed E-state index contributed by atoms with van der Waals surface area (Å²) in [5, 5.41) is 15.7. The van der Waals surface area contributed by atoms with Gasteiger partial charge in [-0.15, -0.1) is 0 Å². The van der Waals surface area contributed by atoms with Crippen molar-refractivity contribution in [3.05, 3.63) is 86.3 Å². The van der Waals surface area contributed by atoms with Crippen molar-refractivity contribution in [1.29, 1.82) is 0 Å². The second kappa shape index (κ2) is 7.96. The van der Waals surface area contributed by atoms with Crippen LogP contribution in [0.25, 0.3) is 22.3 Å². The first-order valence-corrected chi connectivity index (χ1v) is 9.58. The Balaban J connectivity index is 1.47. The van der Waals surface area contributed by atoms with E-state index in [4.69, 9.17) is 8.83 Å². The van der Waals surface area contributed by atoms with E-state index in [1.54, 1.807) is 30.3 Å². The van der Waals surface area contributed by atoms with Crippen LogP contribution in [-0.2, 0) is 0 Å². The molecule has 1 amide bonds. The number of hydrazone groups is 1. The summed E-state index contributed by atoms with van der Waals surface area (Å²) < 4.78 is 12.1. The predicted molar refractivity (Wildman–Crippen MR) is 115 cm³/mol. The lowest BCUT2D eigenvalue weighted by Crippen LogP contribution is -2.16. The van der Waals surface area contributed by atoms with E-state index in [0.717, 1.165) is 15.4 Å². The van der Waals surface area contributed by atoms with E-state index < -0.39 is 10.8 Å². The maximum Gasteiger partial charge on any atom is 0.307 e. The maximum atomic E-state index is 12.2. The molecule has 0 atom stereocenters. The van der Waals surface area contributed by atoms with Gasteiger partial charge in [-0.1, -0.05) is 22.0 Å². The van der Waals surface area contributed by atoms with Crippen LogP contribution >= 0.6 is 15.9 Å². The van der Waals surface area contributed by atoms with Crippen LogP contribution in [0.5, 0.6) is 0 Å². The molecule has 0 aliphatic carbocycles. The molecule has 4 rings (SSSR count). The van der Waals surface area contributed by atoms with Crippen molar-refractivity contribution in [2.24, 2.45) is 5.10 Å². The zero-order chi connectivity index (χ0) is 21.3. The summed E-state index contributed by atoms with van der Waals surface area (Å²) in [5.74, 6) is 0.476. The monoisotopic (exact) mass is 467 g/mol. The predicted octanol–water partition coefficient (Wildman–Crippen LogP) is 5.44. The molecule has 0 aliphatic heterocycles. The third kappa shape index (κ3) is 4.01. The third-order valence-corrected chi connectivity index (χ3v) is 4.88. The highest BCUT2D eigenvalue weighted by molar-refractivity contribution is 9.10. The number of halogens is 1. The van der Waals surface area contributed by atoms with Gasteiger partial charge in [0.1, 0.15) is 17.1 Å². The molecular formula is C21H14BrN3O5. The van der Waals surface area contributed by atoms with Crippen molar-refractivity contribution in [2.45, 2.75) is 6.92 Å². The first-order chi connectivity index (χ1) is 14.4. The second-order valence-electron chi connectivity index (χ2n) is 6.45. The van der Waals surface area contributed by atoms with Gasteiger partial charge < -0.3 is 8.83 Å². The van der Waals surface area contributed by atoms with E-state index in [0.29, 0.717) is 22.7 Å². The lowest BCUT2D eigenvalue weighted by atomic mass is 10.1. The van der Waals surface area contributed by atoms with Gasteiger partial charge in [-0.05, 0) is 48.9 Å². The van der Waals surface area contributed by atoms with Crippen molar-refractivity contribution in [1.82, 2.24) is 5.43 Å². The van der Waals surface area contributed by atoms with E-state index >= 15 is 0 Å². The van der Waals surface area contributed by atoms with Crippen LogP contribution in [0.4, 0.5) is 5.69 Å². The van der Waals surface area contributed by atoms with Gasteiger partial charge in [-0.3, -0.25) is 14.9 Å². The molecule has 2 heterocycles. The van der Waals surface area contributed by atoms with Crippen LogP contribution < -0.4 is 5.43 Å². The molecule has 8 nitrogen and oxygen atoms in total. The maximum absolute atomic E-state index is 12.2. The number of nitro benzene ring substituents is 1. The number of benzene rings is 2. The van der Waals surface area contributed by atoms with Gasteiger partial charge in [0, 0.05) is 27.6 Å². The molecule has 0 saturated carbocycles. The number of nitrogens with one attached hydrogen (secondary N) is 1. The van der Waals surface area contributed by atoms with E-state index in [2.05, 4.69) is 26.5 Å². The van der Waals surface area contributed by atoms with Gasteiger partial charge in [0.05, 0.1) is 11.1 Å². The van der Waals surface area contributed by atoms with E-state index in [1.165, 1.54) is 18.3 Å². The molecule has 0 spiro atoms. The fraction of sp³-hybridized carbons (Fsp3) is 0.0476.